The van der Waals surface area contributed by atoms with Crippen LogP contribution in [0.4, 0.5) is 0 Å². The van der Waals surface area contributed by atoms with Crippen molar-refractivity contribution in [1.29, 1.82) is 0 Å². The highest BCUT2D eigenvalue weighted by Gasteiger charge is 2.26. The van der Waals surface area contributed by atoms with Crippen LogP contribution in [0.25, 0.3) is 0 Å². The highest BCUT2D eigenvalue weighted by atomic mass is 16.3. The molecule has 0 aromatic carbocycles. The van der Waals surface area contributed by atoms with E-state index in [9.17, 15) is 4.79 Å². The molecule has 1 fully saturated rings. The van der Waals surface area contributed by atoms with Gasteiger partial charge in [-0.3, -0.25) is 9.69 Å². The van der Waals surface area contributed by atoms with Gasteiger partial charge in [-0.05, 0) is 44.9 Å². The first kappa shape index (κ1) is 16.0. The predicted octanol–water partition coefficient (Wildman–Crippen LogP) is 1.75. The molecule has 5 heteroatoms. The van der Waals surface area contributed by atoms with Gasteiger partial charge in [0.2, 0.25) is 5.91 Å². The number of nitrogens with zero attached hydrogens (tertiary/aromatic N) is 1. The minimum atomic E-state index is -0.0768. The summed E-state index contributed by atoms with van der Waals surface area (Å²) >= 11 is 0. The Bertz CT molecular complexity index is 411. The number of likely N-dealkylation sites (tertiary alicyclic amines) is 1. The van der Waals surface area contributed by atoms with Crippen LogP contribution in [0.15, 0.2) is 22.8 Å². The van der Waals surface area contributed by atoms with Crippen molar-refractivity contribution < 1.29 is 9.21 Å². The lowest BCUT2D eigenvalue weighted by Crippen LogP contribution is -2.50. The fourth-order valence-corrected chi connectivity index (χ4v) is 2.74. The standard InChI is InChI=1S/C16H27N3O2/c1-3-8-17-14-6-9-19(10-7-14)13(2)16(20)18-12-15-5-4-11-21-15/h4-5,11,13-14,17H,3,6-10,12H2,1-2H3,(H,18,20). The van der Waals surface area contributed by atoms with E-state index in [0.717, 1.165) is 38.2 Å². The van der Waals surface area contributed by atoms with Crippen LogP contribution in [0, 0.1) is 0 Å². The molecule has 21 heavy (non-hydrogen) atoms. The van der Waals surface area contributed by atoms with Crippen molar-refractivity contribution in [3.8, 4) is 0 Å². The maximum atomic E-state index is 12.2. The second kappa shape index (κ2) is 8.20. The lowest BCUT2D eigenvalue weighted by molar-refractivity contribution is -0.126. The molecule has 1 unspecified atom stereocenters. The van der Waals surface area contributed by atoms with Gasteiger partial charge in [0, 0.05) is 19.1 Å². The van der Waals surface area contributed by atoms with Gasteiger partial charge in [-0.15, -0.1) is 0 Å². The summed E-state index contributed by atoms with van der Waals surface area (Å²) in [7, 11) is 0. The molecule has 2 rings (SSSR count). The van der Waals surface area contributed by atoms with Gasteiger partial charge in [-0.2, -0.15) is 0 Å². The van der Waals surface area contributed by atoms with Crippen molar-refractivity contribution in [2.75, 3.05) is 19.6 Å². The molecule has 1 atom stereocenters. The molecule has 1 aromatic heterocycles. The van der Waals surface area contributed by atoms with Crippen molar-refractivity contribution in [2.45, 2.75) is 51.7 Å². The molecule has 1 saturated heterocycles. The lowest BCUT2D eigenvalue weighted by atomic mass is 10.0. The fourth-order valence-electron chi connectivity index (χ4n) is 2.74. The van der Waals surface area contributed by atoms with Crippen molar-refractivity contribution in [3.05, 3.63) is 24.2 Å². The SMILES string of the molecule is CCCNC1CCN(C(C)C(=O)NCc2ccco2)CC1. The van der Waals surface area contributed by atoms with Crippen LogP contribution in [-0.4, -0.2) is 42.5 Å². The van der Waals surface area contributed by atoms with E-state index in [0.29, 0.717) is 12.6 Å². The first-order chi connectivity index (χ1) is 10.2. The monoisotopic (exact) mass is 293 g/mol. The van der Waals surface area contributed by atoms with Crippen molar-refractivity contribution in [3.63, 3.8) is 0 Å². The summed E-state index contributed by atoms with van der Waals surface area (Å²) in [5.41, 5.74) is 0. The molecule has 0 saturated carbocycles. The Labute approximate surface area is 127 Å². The van der Waals surface area contributed by atoms with E-state index < -0.39 is 0 Å². The van der Waals surface area contributed by atoms with Crippen LogP contribution in [0.2, 0.25) is 0 Å². The van der Waals surface area contributed by atoms with E-state index >= 15 is 0 Å². The summed E-state index contributed by atoms with van der Waals surface area (Å²) in [6, 6.07) is 4.24. The van der Waals surface area contributed by atoms with E-state index in [2.05, 4.69) is 22.5 Å². The maximum absolute atomic E-state index is 12.2. The van der Waals surface area contributed by atoms with Crippen molar-refractivity contribution >= 4 is 5.91 Å². The smallest absolute Gasteiger partial charge is 0.237 e. The third-order valence-electron chi connectivity index (χ3n) is 4.16. The highest BCUT2D eigenvalue weighted by molar-refractivity contribution is 5.81. The zero-order valence-corrected chi connectivity index (χ0v) is 13.1. The highest BCUT2D eigenvalue weighted by Crippen LogP contribution is 2.13. The number of furan rings is 1. The van der Waals surface area contributed by atoms with Crippen LogP contribution >= 0.6 is 0 Å². The van der Waals surface area contributed by atoms with Gasteiger partial charge in [-0.25, -0.2) is 0 Å². The Morgan fingerprint density at radius 1 is 1.48 bits per heavy atom. The zero-order chi connectivity index (χ0) is 15.1. The minimum Gasteiger partial charge on any atom is -0.467 e. The number of carbonyl (C=O) groups is 1. The van der Waals surface area contributed by atoms with Gasteiger partial charge in [0.25, 0.3) is 0 Å². The number of amides is 1. The quantitative estimate of drug-likeness (QED) is 0.804. The third kappa shape index (κ3) is 4.86. The summed E-state index contributed by atoms with van der Waals surface area (Å²) < 4.78 is 5.22. The molecule has 1 aliphatic heterocycles. The van der Waals surface area contributed by atoms with Crippen molar-refractivity contribution in [1.82, 2.24) is 15.5 Å². The molecule has 0 aliphatic carbocycles. The fraction of sp³-hybridized carbons (Fsp3) is 0.688. The Morgan fingerprint density at radius 3 is 2.86 bits per heavy atom. The summed E-state index contributed by atoms with van der Waals surface area (Å²) in [5, 5.41) is 6.50. The normalized spacial score (nSPS) is 18.6. The van der Waals surface area contributed by atoms with Gasteiger partial charge in [0.15, 0.2) is 0 Å². The molecule has 2 N–H and O–H groups in total. The largest absolute Gasteiger partial charge is 0.467 e. The summed E-state index contributed by atoms with van der Waals surface area (Å²) in [5.74, 6) is 0.865. The number of nitrogens with one attached hydrogen (secondary N) is 2. The molecular formula is C16H27N3O2. The minimum absolute atomic E-state index is 0.0753. The second-order valence-electron chi connectivity index (χ2n) is 5.74. The number of rotatable bonds is 7. The molecule has 0 spiro atoms. The first-order valence-corrected chi connectivity index (χ1v) is 7.98. The lowest BCUT2D eigenvalue weighted by Gasteiger charge is -2.35. The molecular weight excluding hydrogens is 266 g/mol. The van der Waals surface area contributed by atoms with Gasteiger partial charge < -0.3 is 15.1 Å². The molecule has 5 nitrogen and oxygen atoms in total. The van der Waals surface area contributed by atoms with Crippen LogP contribution < -0.4 is 10.6 Å². The van der Waals surface area contributed by atoms with Gasteiger partial charge >= 0.3 is 0 Å². The Kier molecular flexibility index (Phi) is 6.26. The summed E-state index contributed by atoms with van der Waals surface area (Å²) in [6.45, 7) is 7.69. The molecule has 1 amide bonds. The molecule has 1 aromatic rings. The van der Waals surface area contributed by atoms with Crippen LogP contribution in [-0.2, 0) is 11.3 Å². The molecule has 0 bridgehead atoms. The van der Waals surface area contributed by atoms with Crippen LogP contribution in [0.1, 0.15) is 38.9 Å². The number of piperidine rings is 1. The maximum Gasteiger partial charge on any atom is 0.237 e. The van der Waals surface area contributed by atoms with E-state index in [1.54, 1.807) is 6.26 Å². The Balaban J connectivity index is 1.70. The van der Waals surface area contributed by atoms with Crippen molar-refractivity contribution in [2.24, 2.45) is 0 Å². The van der Waals surface area contributed by atoms with E-state index in [1.165, 1.54) is 6.42 Å². The number of hydrogen-bond acceptors (Lipinski definition) is 4. The molecule has 118 valence electrons. The number of carbonyl (C=O) groups excluding carboxylic acids is 1. The van der Waals surface area contributed by atoms with Gasteiger partial charge in [0.1, 0.15) is 5.76 Å². The number of hydrogen-bond donors (Lipinski definition) is 2. The van der Waals surface area contributed by atoms with E-state index in [4.69, 9.17) is 4.42 Å². The van der Waals surface area contributed by atoms with E-state index in [1.807, 2.05) is 19.1 Å². The topological polar surface area (TPSA) is 57.5 Å². The van der Waals surface area contributed by atoms with Gasteiger partial charge in [0.05, 0.1) is 18.8 Å². The zero-order valence-electron chi connectivity index (χ0n) is 13.1. The van der Waals surface area contributed by atoms with E-state index in [-0.39, 0.29) is 11.9 Å². The Morgan fingerprint density at radius 2 is 2.24 bits per heavy atom. The Hall–Kier alpha value is -1.33. The average molecular weight is 293 g/mol. The summed E-state index contributed by atoms with van der Waals surface area (Å²) in [6.07, 6.45) is 5.04. The van der Waals surface area contributed by atoms with Gasteiger partial charge in [-0.1, -0.05) is 6.92 Å². The van der Waals surface area contributed by atoms with Crippen LogP contribution in [0.3, 0.4) is 0 Å². The molecule has 0 radical (unpaired) electrons. The second-order valence-corrected chi connectivity index (χ2v) is 5.74. The predicted molar refractivity (Wildman–Crippen MR) is 82.9 cm³/mol. The molecule has 2 heterocycles. The third-order valence-corrected chi connectivity index (χ3v) is 4.16. The van der Waals surface area contributed by atoms with Crippen LogP contribution in [0.5, 0.6) is 0 Å². The molecule has 1 aliphatic rings. The summed E-state index contributed by atoms with van der Waals surface area (Å²) in [4.78, 5) is 14.4. The average Bonchev–Trinajstić information content (AvgIpc) is 3.04. The first-order valence-electron chi connectivity index (χ1n) is 7.98.